The Kier molecular flexibility index (Phi) is 2.87. The molecule has 0 radical (unpaired) electrons. The molecule has 0 saturated heterocycles. The third kappa shape index (κ3) is 2.34. The summed E-state index contributed by atoms with van der Waals surface area (Å²) in [6, 6.07) is 0. The van der Waals surface area contributed by atoms with Crippen LogP contribution in [-0.4, -0.2) is 28.8 Å². The molecule has 0 aliphatic carbocycles. The van der Waals surface area contributed by atoms with Gasteiger partial charge in [0.1, 0.15) is 0 Å². The zero-order valence-electron chi connectivity index (χ0n) is 8.28. The van der Waals surface area contributed by atoms with Gasteiger partial charge in [0, 0.05) is 6.20 Å². The summed E-state index contributed by atoms with van der Waals surface area (Å²) in [7, 11) is 4.08. The van der Waals surface area contributed by atoms with Gasteiger partial charge in [0.25, 0.3) is 0 Å². The lowest BCUT2D eigenvalue weighted by atomic mass is 10.1. The van der Waals surface area contributed by atoms with Crippen LogP contribution in [0.4, 0.5) is 0 Å². The predicted molar refractivity (Wildman–Crippen MR) is 50.0 cm³/mol. The summed E-state index contributed by atoms with van der Waals surface area (Å²) in [4.78, 5) is 2.09. The second-order valence-electron chi connectivity index (χ2n) is 3.69. The molecule has 0 amide bonds. The monoisotopic (exact) mass is 167 g/mol. The zero-order valence-corrected chi connectivity index (χ0v) is 8.28. The fourth-order valence-corrected chi connectivity index (χ4v) is 1.04. The van der Waals surface area contributed by atoms with Gasteiger partial charge in [-0.1, -0.05) is 13.8 Å². The summed E-state index contributed by atoms with van der Waals surface area (Å²) < 4.78 is 1.95. The summed E-state index contributed by atoms with van der Waals surface area (Å²) in [5, 5.41) is 4.25. The molecule has 1 rings (SSSR count). The van der Waals surface area contributed by atoms with Crippen molar-refractivity contribution >= 4 is 0 Å². The van der Waals surface area contributed by atoms with E-state index in [1.807, 2.05) is 25.0 Å². The van der Waals surface area contributed by atoms with Crippen LogP contribution in [0.1, 0.15) is 25.3 Å². The molecule has 0 aliphatic heterocycles. The van der Waals surface area contributed by atoms with Crippen LogP contribution in [0.15, 0.2) is 12.4 Å². The Balaban J connectivity index is 2.64. The van der Waals surface area contributed by atoms with Crippen molar-refractivity contribution in [1.82, 2.24) is 14.7 Å². The summed E-state index contributed by atoms with van der Waals surface area (Å²) in [6.45, 7) is 5.21. The van der Waals surface area contributed by atoms with E-state index in [4.69, 9.17) is 0 Å². The SMILES string of the molecule is CC(C)c1cnn(CN(C)C)c1. The van der Waals surface area contributed by atoms with E-state index in [2.05, 4.69) is 30.0 Å². The maximum atomic E-state index is 4.25. The molecule has 0 aromatic carbocycles. The van der Waals surface area contributed by atoms with Gasteiger partial charge in [-0.15, -0.1) is 0 Å². The molecule has 3 heteroatoms. The highest BCUT2D eigenvalue weighted by molar-refractivity contribution is 5.08. The topological polar surface area (TPSA) is 21.1 Å². The van der Waals surface area contributed by atoms with Crippen LogP contribution in [-0.2, 0) is 6.67 Å². The lowest BCUT2D eigenvalue weighted by Crippen LogP contribution is -2.16. The van der Waals surface area contributed by atoms with E-state index in [1.54, 1.807) is 0 Å². The highest BCUT2D eigenvalue weighted by Crippen LogP contribution is 2.11. The summed E-state index contributed by atoms with van der Waals surface area (Å²) in [5.74, 6) is 0.570. The summed E-state index contributed by atoms with van der Waals surface area (Å²) >= 11 is 0. The number of hydrogen-bond acceptors (Lipinski definition) is 2. The van der Waals surface area contributed by atoms with Gasteiger partial charge in [0.15, 0.2) is 0 Å². The standard InChI is InChI=1S/C9H17N3/c1-8(2)9-5-10-12(6-9)7-11(3)4/h5-6,8H,7H2,1-4H3. The molecule has 3 nitrogen and oxygen atoms in total. The van der Waals surface area contributed by atoms with Crippen molar-refractivity contribution < 1.29 is 0 Å². The van der Waals surface area contributed by atoms with E-state index in [0.29, 0.717) is 5.92 Å². The molecule has 68 valence electrons. The van der Waals surface area contributed by atoms with Crippen molar-refractivity contribution in [1.29, 1.82) is 0 Å². The van der Waals surface area contributed by atoms with E-state index in [-0.39, 0.29) is 0 Å². The molecule has 0 aliphatic rings. The smallest absolute Gasteiger partial charge is 0.0923 e. The van der Waals surface area contributed by atoms with Gasteiger partial charge in [-0.05, 0) is 25.6 Å². The predicted octanol–water partition coefficient (Wildman–Crippen LogP) is 1.53. The Morgan fingerprint density at radius 1 is 1.50 bits per heavy atom. The van der Waals surface area contributed by atoms with Gasteiger partial charge in [-0.2, -0.15) is 5.10 Å². The van der Waals surface area contributed by atoms with E-state index >= 15 is 0 Å². The molecular weight excluding hydrogens is 150 g/mol. The Hall–Kier alpha value is -0.830. The summed E-state index contributed by atoms with van der Waals surface area (Å²) in [6.07, 6.45) is 4.04. The molecular formula is C9H17N3. The molecule has 0 N–H and O–H groups in total. The van der Waals surface area contributed by atoms with Crippen LogP contribution < -0.4 is 0 Å². The lowest BCUT2D eigenvalue weighted by Gasteiger charge is -2.08. The van der Waals surface area contributed by atoms with Crippen LogP contribution in [0.3, 0.4) is 0 Å². The number of hydrogen-bond donors (Lipinski definition) is 0. The Labute approximate surface area is 74.0 Å². The van der Waals surface area contributed by atoms with Crippen LogP contribution in [0.2, 0.25) is 0 Å². The first-order valence-corrected chi connectivity index (χ1v) is 4.26. The molecule has 0 bridgehead atoms. The van der Waals surface area contributed by atoms with Crippen molar-refractivity contribution in [3.05, 3.63) is 18.0 Å². The van der Waals surface area contributed by atoms with E-state index in [0.717, 1.165) is 6.67 Å². The van der Waals surface area contributed by atoms with Crippen molar-refractivity contribution in [3.8, 4) is 0 Å². The molecule has 1 aromatic heterocycles. The maximum Gasteiger partial charge on any atom is 0.0923 e. The fourth-order valence-electron chi connectivity index (χ4n) is 1.04. The molecule has 0 spiro atoms. The average Bonchev–Trinajstić information content (AvgIpc) is 2.34. The van der Waals surface area contributed by atoms with Crippen LogP contribution in [0, 0.1) is 0 Å². The second kappa shape index (κ2) is 3.72. The Morgan fingerprint density at radius 2 is 2.17 bits per heavy atom. The molecule has 1 aromatic rings. The number of aromatic nitrogens is 2. The first-order valence-electron chi connectivity index (χ1n) is 4.26. The zero-order chi connectivity index (χ0) is 9.14. The second-order valence-corrected chi connectivity index (χ2v) is 3.69. The highest BCUT2D eigenvalue weighted by atomic mass is 15.3. The largest absolute Gasteiger partial charge is 0.291 e. The van der Waals surface area contributed by atoms with E-state index < -0.39 is 0 Å². The lowest BCUT2D eigenvalue weighted by molar-refractivity contribution is 0.307. The molecule has 1 heterocycles. The van der Waals surface area contributed by atoms with Gasteiger partial charge < -0.3 is 0 Å². The third-order valence-electron chi connectivity index (χ3n) is 1.75. The quantitative estimate of drug-likeness (QED) is 0.680. The number of nitrogens with zero attached hydrogens (tertiary/aromatic N) is 3. The summed E-state index contributed by atoms with van der Waals surface area (Å²) in [5.41, 5.74) is 1.30. The van der Waals surface area contributed by atoms with E-state index in [1.165, 1.54) is 5.56 Å². The fraction of sp³-hybridized carbons (Fsp3) is 0.667. The first-order chi connectivity index (χ1) is 5.59. The average molecular weight is 167 g/mol. The first kappa shape index (κ1) is 9.26. The van der Waals surface area contributed by atoms with Gasteiger partial charge in [-0.25, -0.2) is 0 Å². The van der Waals surface area contributed by atoms with Crippen LogP contribution >= 0.6 is 0 Å². The minimum absolute atomic E-state index is 0.570. The van der Waals surface area contributed by atoms with E-state index in [9.17, 15) is 0 Å². The molecule has 0 unspecified atom stereocenters. The molecule has 0 saturated carbocycles. The van der Waals surface area contributed by atoms with Crippen LogP contribution in [0.5, 0.6) is 0 Å². The van der Waals surface area contributed by atoms with Crippen molar-refractivity contribution in [2.75, 3.05) is 14.1 Å². The minimum atomic E-state index is 0.570. The van der Waals surface area contributed by atoms with Crippen LogP contribution in [0.25, 0.3) is 0 Å². The van der Waals surface area contributed by atoms with Crippen molar-refractivity contribution in [2.45, 2.75) is 26.4 Å². The van der Waals surface area contributed by atoms with Gasteiger partial charge >= 0.3 is 0 Å². The Bertz CT molecular complexity index is 238. The number of rotatable bonds is 3. The van der Waals surface area contributed by atoms with Crippen molar-refractivity contribution in [2.24, 2.45) is 0 Å². The van der Waals surface area contributed by atoms with Gasteiger partial charge in [0.05, 0.1) is 12.9 Å². The molecule has 12 heavy (non-hydrogen) atoms. The maximum absolute atomic E-state index is 4.25. The van der Waals surface area contributed by atoms with Gasteiger partial charge in [-0.3, -0.25) is 9.58 Å². The third-order valence-corrected chi connectivity index (χ3v) is 1.75. The molecule has 0 atom stereocenters. The Morgan fingerprint density at radius 3 is 2.58 bits per heavy atom. The minimum Gasteiger partial charge on any atom is -0.291 e. The highest BCUT2D eigenvalue weighted by Gasteiger charge is 2.02. The normalized spacial score (nSPS) is 11.5. The molecule has 0 fully saturated rings. The van der Waals surface area contributed by atoms with Crippen molar-refractivity contribution in [3.63, 3.8) is 0 Å². The van der Waals surface area contributed by atoms with Gasteiger partial charge in [0.2, 0.25) is 0 Å².